The average molecular weight is 354 g/mol. The Hall–Kier alpha value is -0.266. The van der Waals surface area contributed by atoms with Crippen LogP contribution in [0.5, 0.6) is 0 Å². The molecule has 6 nitrogen and oxygen atoms in total. The molecule has 1 atom stereocenters. The second-order valence-corrected chi connectivity index (χ2v) is 4.00. The first-order valence-electron chi connectivity index (χ1n) is 7.29. The van der Waals surface area contributed by atoms with Crippen LogP contribution < -0.4 is 20.4 Å². The minimum atomic E-state index is -1.27. The van der Waals surface area contributed by atoms with Crippen molar-refractivity contribution in [2.75, 3.05) is 19.8 Å². The van der Waals surface area contributed by atoms with Gasteiger partial charge in [-0.25, -0.2) is 0 Å². The molecule has 22 heavy (non-hydrogen) atoms. The molecule has 0 amide bonds. The molecule has 0 aromatic carbocycles. The molecule has 0 aliphatic rings. The summed E-state index contributed by atoms with van der Waals surface area (Å²) in [5, 5.41) is 37.9. The smallest absolute Gasteiger partial charge is 0.854 e. The van der Waals surface area contributed by atoms with Crippen LogP contribution in [-0.4, -0.2) is 31.6 Å². The van der Waals surface area contributed by atoms with Crippen LogP contribution in [0.1, 0.15) is 60.3 Å². The molecule has 0 N–H and O–H groups in total. The van der Waals surface area contributed by atoms with Crippen LogP contribution in [0.25, 0.3) is 0 Å². The topological polar surface area (TPSA) is 126 Å². The fourth-order valence-electron chi connectivity index (χ4n) is 0.620. The molecule has 0 aliphatic heterocycles. The van der Waals surface area contributed by atoms with Crippen molar-refractivity contribution in [1.29, 1.82) is 0 Å². The zero-order valence-electron chi connectivity index (χ0n) is 14.5. The van der Waals surface area contributed by atoms with Crippen LogP contribution in [0, 0.1) is 5.92 Å². The molecule has 0 heterocycles. The maximum atomic E-state index is 10.4. The number of Topliss-reactive ketones (excluding diaryl/α,β-unsaturated/α-hetero) is 1. The van der Waals surface area contributed by atoms with Gasteiger partial charge < -0.3 is 25.2 Å². The Labute approximate surface area is 149 Å². The summed E-state index contributed by atoms with van der Waals surface area (Å²) in [6, 6.07) is 0. The maximum Gasteiger partial charge on any atom is 4.00 e. The van der Waals surface area contributed by atoms with Crippen LogP contribution in [0.3, 0.4) is 0 Å². The third kappa shape index (κ3) is 42.7. The Bertz CT molecular complexity index is 183. The minimum Gasteiger partial charge on any atom is -0.854 e. The predicted octanol–water partition coefficient (Wildman–Crippen LogP) is -1.38. The molecule has 0 saturated carbocycles. The van der Waals surface area contributed by atoms with Gasteiger partial charge in [-0.15, -0.1) is 19.8 Å². The van der Waals surface area contributed by atoms with E-state index < -0.39 is 11.9 Å². The quantitative estimate of drug-likeness (QED) is 0.427. The van der Waals surface area contributed by atoms with Crippen LogP contribution in [-0.2, 0) is 31.3 Å². The largest absolute Gasteiger partial charge is 4.00 e. The molecular weight excluding hydrogens is 324 g/mol. The van der Waals surface area contributed by atoms with E-state index >= 15 is 0 Å². The van der Waals surface area contributed by atoms with Gasteiger partial charge in [0, 0.05) is 0 Å². The molecule has 130 valence electrons. The molecule has 0 aromatic rings. The fourth-order valence-corrected chi connectivity index (χ4v) is 0.620. The van der Waals surface area contributed by atoms with Gasteiger partial charge in [-0.1, -0.05) is 47.0 Å². The maximum absolute atomic E-state index is 10.4. The third-order valence-electron chi connectivity index (χ3n) is 1.80. The number of ketones is 1. The zero-order valence-corrected chi connectivity index (χ0v) is 16.0. The van der Waals surface area contributed by atoms with Crippen molar-refractivity contribution >= 4 is 11.8 Å². The molecule has 0 aromatic heterocycles. The summed E-state index contributed by atoms with van der Waals surface area (Å²) in [5.74, 6) is -2.52. The van der Waals surface area contributed by atoms with E-state index in [1.54, 1.807) is 6.92 Å². The molecule has 7 heteroatoms. The van der Waals surface area contributed by atoms with Crippen LogP contribution in [0.2, 0.25) is 0 Å². The van der Waals surface area contributed by atoms with Gasteiger partial charge in [0.1, 0.15) is 5.78 Å². The summed E-state index contributed by atoms with van der Waals surface area (Å²) in [6.45, 7) is 8.71. The molecular formula is C15H30O6Ti. The number of carboxylic acid groups (broad SMARTS) is 1. The molecule has 0 spiro atoms. The SMILES string of the molecule is CCC(C(C)=O)C(=O)[O-].CCC[O-].CCC[O-].CCC[O-].[Ti+4]. The van der Waals surface area contributed by atoms with E-state index in [0.717, 1.165) is 19.3 Å². The van der Waals surface area contributed by atoms with Crippen LogP contribution in [0.15, 0.2) is 0 Å². The Kier molecular flexibility index (Phi) is 49.5. The molecule has 0 aliphatic carbocycles. The fraction of sp³-hybridized carbons (Fsp3) is 0.867. The number of rotatable bonds is 6. The molecule has 0 bridgehead atoms. The van der Waals surface area contributed by atoms with Gasteiger partial charge in [-0.05, 0) is 13.3 Å². The summed E-state index contributed by atoms with van der Waals surface area (Å²) in [6.07, 6.45) is 2.61. The number of aliphatic carboxylic acids is 1. The van der Waals surface area contributed by atoms with Gasteiger partial charge in [0.25, 0.3) is 0 Å². The van der Waals surface area contributed by atoms with E-state index in [1.807, 2.05) is 20.8 Å². The number of carbonyl (C=O) groups excluding carboxylic acids is 2. The zero-order chi connectivity index (χ0) is 17.7. The van der Waals surface area contributed by atoms with Crippen molar-refractivity contribution < 1.29 is 51.7 Å². The standard InChI is InChI=1S/C6H10O3.3C3H7O.Ti/c1-3-5(4(2)7)6(8)9;3*1-2-3-4;/h5H,3H2,1-2H3,(H,8,9);3*2-3H2,1H3;/q;3*-1;+4/p-1. The number of carbonyl (C=O) groups is 2. The summed E-state index contributed by atoms with van der Waals surface area (Å²) in [5.41, 5.74) is 0. The average Bonchev–Trinajstić information content (AvgIpc) is 2.47. The van der Waals surface area contributed by atoms with E-state index in [-0.39, 0.29) is 47.3 Å². The van der Waals surface area contributed by atoms with E-state index in [9.17, 15) is 30.0 Å². The summed E-state index contributed by atoms with van der Waals surface area (Å²) >= 11 is 0. The molecule has 0 rings (SSSR count). The van der Waals surface area contributed by atoms with Crippen molar-refractivity contribution in [3.05, 3.63) is 0 Å². The Morgan fingerprint density at radius 2 is 1.05 bits per heavy atom. The summed E-state index contributed by atoms with van der Waals surface area (Å²) in [7, 11) is 0. The summed E-state index contributed by atoms with van der Waals surface area (Å²) in [4.78, 5) is 20.4. The second-order valence-electron chi connectivity index (χ2n) is 4.00. The molecule has 1 unspecified atom stereocenters. The van der Waals surface area contributed by atoms with Gasteiger partial charge in [0.2, 0.25) is 0 Å². The van der Waals surface area contributed by atoms with Crippen molar-refractivity contribution in [3.8, 4) is 0 Å². The molecule has 0 saturated heterocycles. The predicted molar refractivity (Wildman–Crippen MR) is 74.9 cm³/mol. The van der Waals surface area contributed by atoms with Gasteiger partial charge in [-0.3, -0.25) is 4.79 Å². The van der Waals surface area contributed by atoms with Crippen LogP contribution in [0.4, 0.5) is 0 Å². The Balaban J connectivity index is -0.0000000632. The number of hydrogen-bond acceptors (Lipinski definition) is 6. The first kappa shape index (κ1) is 33.4. The van der Waals surface area contributed by atoms with Gasteiger partial charge in [0.15, 0.2) is 0 Å². The molecule has 0 radical (unpaired) electrons. The van der Waals surface area contributed by atoms with E-state index in [4.69, 9.17) is 0 Å². The first-order chi connectivity index (χ1) is 9.83. The number of hydrogen-bond donors (Lipinski definition) is 0. The van der Waals surface area contributed by atoms with Gasteiger partial charge in [-0.2, -0.15) is 0 Å². The normalized spacial score (nSPS) is 9.27. The van der Waals surface area contributed by atoms with Crippen molar-refractivity contribution in [1.82, 2.24) is 0 Å². The monoisotopic (exact) mass is 354 g/mol. The minimum absolute atomic E-state index is 0. The van der Waals surface area contributed by atoms with Gasteiger partial charge >= 0.3 is 21.7 Å². The van der Waals surface area contributed by atoms with Crippen LogP contribution >= 0.6 is 0 Å². The van der Waals surface area contributed by atoms with E-state index in [1.165, 1.54) is 6.92 Å². The van der Waals surface area contributed by atoms with Crippen molar-refractivity contribution in [2.45, 2.75) is 60.3 Å². The van der Waals surface area contributed by atoms with Crippen molar-refractivity contribution in [3.63, 3.8) is 0 Å². The van der Waals surface area contributed by atoms with E-state index in [2.05, 4.69) is 0 Å². The van der Waals surface area contributed by atoms with Gasteiger partial charge in [0.05, 0.1) is 11.9 Å². The Morgan fingerprint density at radius 3 is 1.05 bits per heavy atom. The molecule has 0 fully saturated rings. The van der Waals surface area contributed by atoms with Crippen molar-refractivity contribution in [2.24, 2.45) is 5.92 Å². The third-order valence-corrected chi connectivity index (χ3v) is 1.80. The Morgan fingerprint density at radius 1 is 0.818 bits per heavy atom. The second kappa shape index (κ2) is 32.6. The van der Waals surface area contributed by atoms with E-state index in [0.29, 0.717) is 6.42 Å². The summed E-state index contributed by atoms with van der Waals surface area (Å²) < 4.78 is 0. The first-order valence-corrected chi connectivity index (χ1v) is 7.29. The number of carboxylic acids is 1.